The topological polar surface area (TPSA) is 71.7 Å². The van der Waals surface area contributed by atoms with Crippen molar-refractivity contribution in [2.24, 2.45) is 10.9 Å². The van der Waals surface area contributed by atoms with E-state index in [2.05, 4.69) is 10.9 Å². The molecule has 0 spiro atoms. The van der Waals surface area contributed by atoms with Gasteiger partial charge in [0.2, 0.25) is 10.0 Å². The van der Waals surface area contributed by atoms with Crippen LogP contribution in [0.2, 0.25) is 0 Å². The number of hydrogen-bond donors (Lipinski definition) is 0. The summed E-state index contributed by atoms with van der Waals surface area (Å²) in [5, 5.41) is 0. The number of nitrogens with zero attached hydrogens (tertiary/aromatic N) is 3. The van der Waals surface area contributed by atoms with Crippen molar-refractivity contribution in [1.29, 1.82) is 0 Å². The van der Waals surface area contributed by atoms with Crippen molar-refractivity contribution < 1.29 is 22.0 Å². The second-order valence-corrected chi connectivity index (χ2v) is 10.3. The van der Waals surface area contributed by atoms with Gasteiger partial charge in [-0.25, -0.2) is 17.2 Å². The predicted molar refractivity (Wildman–Crippen MR) is 117 cm³/mol. The molecule has 3 aromatic rings. The molecule has 6 nitrogen and oxygen atoms in total. The Bertz CT molecular complexity index is 1390. The summed E-state index contributed by atoms with van der Waals surface area (Å²) in [7, 11) is -3.86. The summed E-state index contributed by atoms with van der Waals surface area (Å²) in [5.74, 6) is 0.494. The molecule has 1 atom stereocenters. The zero-order valence-electron chi connectivity index (χ0n) is 16.9. The molecule has 1 saturated heterocycles. The van der Waals surface area contributed by atoms with Crippen molar-refractivity contribution in [3.8, 4) is 12.3 Å². The van der Waals surface area contributed by atoms with Gasteiger partial charge in [-0.1, -0.05) is 17.3 Å². The number of rotatable bonds is 4. The number of carbonyl (C=O) groups excluding carboxylic acids is 1. The average molecular weight is 476 g/mol. The van der Waals surface area contributed by atoms with Gasteiger partial charge in [0.1, 0.15) is 11.6 Å². The second kappa shape index (κ2) is 8.94. The standard InChI is InChI=1S/C22H19F2N3O3S2/c1-2-11-27-19-10-7-17(24)13-20(19)31-22(27)25-21(28)15-4-3-12-26(14-15)32(29,30)18-8-5-16(23)6-9-18/h1,5-10,13,15H,3-4,11-12,14H2. The minimum atomic E-state index is -3.86. The predicted octanol–water partition coefficient (Wildman–Crippen LogP) is 3.14. The zero-order chi connectivity index (χ0) is 22.9. The van der Waals surface area contributed by atoms with Gasteiger partial charge in [-0.15, -0.1) is 6.42 Å². The van der Waals surface area contributed by atoms with Gasteiger partial charge in [-0.05, 0) is 55.3 Å². The molecule has 0 bridgehead atoms. The van der Waals surface area contributed by atoms with Crippen LogP contribution in [0.4, 0.5) is 8.78 Å². The van der Waals surface area contributed by atoms with Crippen LogP contribution in [-0.4, -0.2) is 36.3 Å². The molecular formula is C22H19F2N3O3S2. The third-order valence-corrected chi connectivity index (χ3v) is 8.21. The highest BCUT2D eigenvalue weighted by molar-refractivity contribution is 7.89. The Labute approximate surface area is 187 Å². The minimum Gasteiger partial charge on any atom is -0.305 e. The lowest BCUT2D eigenvalue weighted by Gasteiger charge is -2.30. The summed E-state index contributed by atoms with van der Waals surface area (Å²) in [6.45, 7) is 0.410. The first-order valence-electron chi connectivity index (χ1n) is 9.86. The number of amides is 1. The van der Waals surface area contributed by atoms with E-state index in [1.165, 1.54) is 28.6 Å². The van der Waals surface area contributed by atoms with Crippen LogP contribution in [0.25, 0.3) is 10.2 Å². The lowest BCUT2D eigenvalue weighted by atomic mass is 9.99. The number of terminal acetylenes is 1. The number of carbonyl (C=O) groups is 1. The van der Waals surface area contributed by atoms with Crippen LogP contribution in [0.15, 0.2) is 52.4 Å². The van der Waals surface area contributed by atoms with Crippen LogP contribution in [0, 0.1) is 29.9 Å². The zero-order valence-corrected chi connectivity index (χ0v) is 18.5. The van der Waals surface area contributed by atoms with E-state index in [0.717, 1.165) is 23.5 Å². The van der Waals surface area contributed by atoms with Gasteiger partial charge < -0.3 is 4.57 Å². The Morgan fingerprint density at radius 1 is 1.19 bits per heavy atom. The SMILES string of the molecule is C#CCn1c(=NC(=O)C2CCCN(S(=O)(=O)c3ccc(F)cc3)C2)sc2cc(F)ccc21. The van der Waals surface area contributed by atoms with Gasteiger partial charge in [0.05, 0.1) is 27.6 Å². The summed E-state index contributed by atoms with van der Waals surface area (Å²) in [6, 6.07) is 8.84. The van der Waals surface area contributed by atoms with Gasteiger partial charge in [-0.2, -0.15) is 9.30 Å². The second-order valence-electron chi connectivity index (χ2n) is 7.39. The van der Waals surface area contributed by atoms with E-state index in [0.29, 0.717) is 27.9 Å². The quantitative estimate of drug-likeness (QED) is 0.545. The van der Waals surface area contributed by atoms with E-state index in [1.54, 1.807) is 10.6 Å². The van der Waals surface area contributed by atoms with Crippen molar-refractivity contribution in [2.45, 2.75) is 24.3 Å². The molecule has 1 fully saturated rings. The Balaban J connectivity index is 1.63. The molecule has 2 heterocycles. The molecule has 1 unspecified atom stereocenters. The molecule has 0 radical (unpaired) electrons. The molecule has 0 N–H and O–H groups in total. The molecule has 1 aliphatic heterocycles. The first kappa shape index (κ1) is 22.3. The number of sulfonamides is 1. The molecule has 0 saturated carbocycles. The van der Waals surface area contributed by atoms with E-state index in [-0.39, 0.29) is 24.5 Å². The van der Waals surface area contributed by atoms with Crippen LogP contribution in [-0.2, 0) is 21.4 Å². The monoisotopic (exact) mass is 475 g/mol. The van der Waals surface area contributed by atoms with Gasteiger partial charge >= 0.3 is 0 Å². The van der Waals surface area contributed by atoms with E-state index in [9.17, 15) is 22.0 Å². The minimum absolute atomic E-state index is 0.0172. The van der Waals surface area contributed by atoms with Gasteiger partial charge in [-0.3, -0.25) is 4.79 Å². The van der Waals surface area contributed by atoms with Crippen LogP contribution in [0.5, 0.6) is 0 Å². The molecule has 166 valence electrons. The molecular weight excluding hydrogens is 456 g/mol. The highest BCUT2D eigenvalue weighted by atomic mass is 32.2. The molecule has 1 aromatic heterocycles. The molecule has 0 aliphatic carbocycles. The van der Waals surface area contributed by atoms with Crippen molar-refractivity contribution in [3.05, 3.63) is 58.9 Å². The highest BCUT2D eigenvalue weighted by Crippen LogP contribution is 2.25. The van der Waals surface area contributed by atoms with E-state index in [4.69, 9.17) is 6.42 Å². The van der Waals surface area contributed by atoms with E-state index < -0.39 is 33.5 Å². The maximum absolute atomic E-state index is 13.6. The molecule has 32 heavy (non-hydrogen) atoms. The summed E-state index contributed by atoms with van der Waals surface area (Å²) < 4.78 is 56.1. The van der Waals surface area contributed by atoms with Gasteiger partial charge in [0.15, 0.2) is 4.80 Å². The summed E-state index contributed by atoms with van der Waals surface area (Å²) in [6.07, 6.45) is 6.44. The summed E-state index contributed by atoms with van der Waals surface area (Å²) in [5.41, 5.74) is 0.671. The third kappa shape index (κ3) is 4.37. The Morgan fingerprint density at radius 2 is 1.91 bits per heavy atom. The van der Waals surface area contributed by atoms with Gasteiger partial charge in [0.25, 0.3) is 5.91 Å². The fraction of sp³-hybridized carbons (Fsp3) is 0.273. The lowest BCUT2D eigenvalue weighted by molar-refractivity contribution is -0.122. The number of fused-ring (bicyclic) bond motifs is 1. The Kier molecular flexibility index (Phi) is 6.24. The number of aromatic nitrogens is 1. The molecule has 1 aliphatic rings. The van der Waals surface area contributed by atoms with Crippen molar-refractivity contribution in [1.82, 2.24) is 8.87 Å². The molecule has 2 aromatic carbocycles. The summed E-state index contributed by atoms with van der Waals surface area (Å²) in [4.78, 5) is 17.5. The molecule has 1 amide bonds. The number of benzene rings is 2. The fourth-order valence-electron chi connectivity index (χ4n) is 3.68. The maximum atomic E-state index is 13.6. The van der Waals surface area contributed by atoms with Crippen molar-refractivity contribution in [2.75, 3.05) is 13.1 Å². The number of halogens is 2. The number of thiazole rings is 1. The summed E-state index contributed by atoms with van der Waals surface area (Å²) >= 11 is 1.15. The van der Waals surface area contributed by atoms with E-state index >= 15 is 0 Å². The molecule has 10 heteroatoms. The fourth-order valence-corrected chi connectivity index (χ4v) is 6.26. The molecule has 4 rings (SSSR count). The first-order chi connectivity index (χ1) is 15.3. The van der Waals surface area contributed by atoms with Crippen LogP contribution in [0.1, 0.15) is 12.8 Å². The van der Waals surface area contributed by atoms with Crippen molar-refractivity contribution >= 4 is 37.5 Å². The van der Waals surface area contributed by atoms with Crippen LogP contribution < -0.4 is 4.80 Å². The van der Waals surface area contributed by atoms with Crippen LogP contribution >= 0.6 is 11.3 Å². The Hall–Kier alpha value is -2.87. The van der Waals surface area contributed by atoms with Crippen molar-refractivity contribution in [3.63, 3.8) is 0 Å². The largest absolute Gasteiger partial charge is 0.305 e. The maximum Gasteiger partial charge on any atom is 0.252 e. The first-order valence-corrected chi connectivity index (χ1v) is 12.1. The smallest absolute Gasteiger partial charge is 0.252 e. The normalized spacial score (nSPS) is 18.0. The number of hydrogen-bond acceptors (Lipinski definition) is 4. The number of piperidine rings is 1. The third-order valence-electron chi connectivity index (χ3n) is 5.28. The highest BCUT2D eigenvalue weighted by Gasteiger charge is 2.33. The average Bonchev–Trinajstić information content (AvgIpc) is 3.10. The van der Waals surface area contributed by atoms with E-state index in [1.807, 2.05) is 0 Å². The Morgan fingerprint density at radius 3 is 2.62 bits per heavy atom. The lowest BCUT2D eigenvalue weighted by Crippen LogP contribution is -2.42. The van der Waals surface area contributed by atoms with Crippen LogP contribution in [0.3, 0.4) is 0 Å². The van der Waals surface area contributed by atoms with Gasteiger partial charge in [0, 0.05) is 13.1 Å².